The Balaban J connectivity index is 1.45. The smallest absolute Gasteiger partial charge is 0.191 e. The van der Waals surface area contributed by atoms with E-state index in [0.717, 1.165) is 31.0 Å². The van der Waals surface area contributed by atoms with Crippen LogP contribution in [0.25, 0.3) is 0 Å². The van der Waals surface area contributed by atoms with Crippen molar-refractivity contribution < 1.29 is 0 Å². The van der Waals surface area contributed by atoms with Crippen LogP contribution < -0.4 is 10.6 Å². The number of aryl methyl sites for hydroxylation is 1. The highest BCUT2D eigenvalue weighted by atomic mass is 32.2. The maximum atomic E-state index is 4.38. The Labute approximate surface area is 150 Å². The number of thioether (sulfide) groups is 1. The van der Waals surface area contributed by atoms with Gasteiger partial charge in [-0.3, -0.25) is 4.99 Å². The van der Waals surface area contributed by atoms with Crippen LogP contribution in [0.1, 0.15) is 30.4 Å². The number of benzene rings is 1. The summed E-state index contributed by atoms with van der Waals surface area (Å²) in [6, 6.07) is 7.55. The summed E-state index contributed by atoms with van der Waals surface area (Å²) >= 11 is 1.81. The Kier molecular flexibility index (Phi) is 6.06. The Morgan fingerprint density at radius 1 is 1.29 bits per heavy atom. The molecule has 0 amide bonds. The number of hydrogen-bond donors (Lipinski definition) is 2. The van der Waals surface area contributed by atoms with Crippen LogP contribution in [0.3, 0.4) is 0 Å². The van der Waals surface area contributed by atoms with Crippen LogP contribution in [0.5, 0.6) is 0 Å². The Morgan fingerprint density at radius 2 is 2.12 bits per heavy atom. The Bertz CT molecular complexity index is 583. The first kappa shape index (κ1) is 17.6. The first-order valence-corrected chi connectivity index (χ1v) is 10.2. The SMILES string of the molecule is CN=C(NCc1ccc(C)cc1SC)NCC1CCN(C2CC2)C1. The Morgan fingerprint density at radius 3 is 2.83 bits per heavy atom. The molecule has 1 atom stereocenters. The van der Waals surface area contributed by atoms with Crippen molar-refractivity contribution in [3.05, 3.63) is 29.3 Å². The van der Waals surface area contributed by atoms with E-state index in [9.17, 15) is 0 Å². The third kappa shape index (κ3) is 4.67. The molecule has 1 heterocycles. The number of aliphatic imine (C=N–C) groups is 1. The van der Waals surface area contributed by atoms with Gasteiger partial charge in [-0.05, 0) is 62.1 Å². The molecule has 24 heavy (non-hydrogen) atoms. The van der Waals surface area contributed by atoms with Gasteiger partial charge in [0.15, 0.2) is 5.96 Å². The lowest BCUT2D eigenvalue weighted by molar-refractivity contribution is 0.314. The van der Waals surface area contributed by atoms with Gasteiger partial charge in [0.25, 0.3) is 0 Å². The zero-order valence-electron chi connectivity index (χ0n) is 15.1. The second-order valence-electron chi connectivity index (χ2n) is 7.00. The van der Waals surface area contributed by atoms with Crippen molar-refractivity contribution in [2.45, 2.75) is 43.7 Å². The van der Waals surface area contributed by atoms with Crippen LogP contribution >= 0.6 is 11.8 Å². The third-order valence-electron chi connectivity index (χ3n) is 5.05. The van der Waals surface area contributed by atoms with Crippen molar-refractivity contribution in [2.24, 2.45) is 10.9 Å². The monoisotopic (exact) mass is 346 g/mol. The molecule has 5 heteroatoms. The number of hydrogen-bond acceptors (Lipinski definition) is 3. The van der Waals surface area contributed by atoms with Gasteiger partial charge in [0.05, 0.1) is 0 Å². The fraction of sp³-hybridized carbons (Fsp3) is 0.632. The number of rotatable bonds is 6. The molecule has 2 N–H and O–H groups in total. The molecule has 1 aromatic carbocycles. The fourth-order valence-corrected chi connectivity index (χ4v) is 4.15. The number of likely N-dealkylation sites (tertiary alicyclic amines) is 1. The average molecular weight is 347 g/mol. The summed E-state index contributed by atoms with van der Waals surface area (Å²) in [4.78, 5) is 8.39. The number of nitrogens with one attached hydrogen (secondary N) is 2. The van der Waals surface area contributed by atoms with Gasteiger partial charge in [0, 0.05) is 37.6 Å². The van der Waals surface area contributed by atoms with E-state index in [1.165, 1.54) is 48.4 Å². The van der Waals surface area contributed by atoms with Gasteiger partial charge in [-0.1, -0.05) is 12.1 Å². The lowest BCUT2D eigenvalue weighted by Gasteiger charge is -2.17. The number of guanidine groups is 1. The van der Waals surface area contributed by atoms with Crippen LogP contribution in [0.2, 0.25) is 0 Å². The van der Waals surface area contributed by atoms with Crippen molar-refractivity contribution in [2.75, 3.05) is 32.9 Å². The van der Waals surface area contributed by atoms with E-state index in [4.69, 9.17) is 0 Å². The molecule has 3 rings (SSSR count). The lowest BCUT2D eigenvalue weighted by Crippen LogP contribution is -2.40. The summed E-state index contributed by atoms with van der Waals surface area (Å²) in [7, 11) is 1.85. The highest BCUT2D eigenvalue weighted by Gasteiger charge is 2.34. The first-order chi connectivity index (χ1) is 11.7. The lowest BCUT2D eigenvalue weighted by atomic mass is 10.1. The Hall–Kier alpha value is -1.20. The van der Waals surface area contributed by atoms with E-state index in [-0.39, 0.29) is 0 Å². The average Bonchev–Trinajstić information content (AvgIpc) is 3.34. The maximum absolute atomic E-state index is 4.38. The second kappa shape index (κ2) is 8.26. The van der Waals surface area contributed by atoms with Crippen LogP contribution in [0, 0.1) is 12.8 Å². The minimum atomic E-state index is 0.755. The van der Waals surface area contributed by atoms with Crippen molar-refractivity contribution in [3.8, 4) is 0 Å². The molecule has 0 spiro atoms. The van der Waals surface area contributed by atoms with Gasteiger partial charge in [-0.15, -0.1) is 11.8 Å². The molecule has 1 saturated heterocycles. The summed E-state index contributed by atoms with van der Waals surface area (Å²) in [5, 5.41) is 6.98. The quantitative estimate of drug-likeness (QED) is 0.472. The minimum absolute atomic E-state index is 0.755. The minimum Gasteiger partial charge on any atom is -0.356 e. The van der Waals surface area contributed by atoms with Crippen molar-refractivity contribution in [3.63, 3.8) is 0 Å². The molecule has 132 valence electrons. The molecular formula is C19H30N4S. The zero-order valence-corrected chi connectivity index (χ0v) is 16.0. The highest BCUT2D eigenvalue weighted by molar-refractivity contribution is 7.98. The van der Waals surface area contributed by atoms with Gasteiger partial charge in [-0.25, -0.2) is 0 Å². The topological polar surface area (TPSA) is 39.7 Å². The normalized spacial score (nSPS) is 22.0. The third-order valence-corrected chi connectivity index (χ3v) is 5.87. The number of nitrogens with zero attached hydrogens (tertiary/aromatic N) is 2. The molecule has 2 fully saturated rings. The maximum Gasteiger partial charge on any atom is 0.191 e. The molecule has 2 aliphatic rings. The molecule has 0 radical (unpaired) electrons. The molecule has 1 saturated carbocycles. The predicted molar refractivity (Wildman–Crippen MR) is 104 cm³/mol. The van der Waals surface area contributed by atoms with E-state index in [1.54, 1.807) is 11.8 Å². The summed E-state index contributed by atoms with van der Waals surface area (Å²) in [5.41, 5.74) is 2.64. The van der Waals surface area contributed by atoms with Crippen LogP contribution in [-0.2, 0) is 6.54 Å². The van der Waals surface area contributed by atoms with Crippen LogP contribution in [0.15, 0.2) is 28.1 Å². The molecular weight excluding hydrogens is 316 g/mol. The second-order valence-corrected chi connectivity index (χ2v) is 7.85. The predicted octanol–water partition coefficient (Wildman–Crippen LogP) is 2.87. The van der Waals surface area contributed by atoms with E-state index in [1.807, 2.05) is 7.05 Å². The fourth-order valence-electron chi connectivity index (χ4n) is 3.44. The van der Waals surface area contributed by atoms with Crippen LogP contribution in [0.4, 0.5) is 0 Å². The summed E-state index contributed by atoms with van der Waals surface area (Å²) in [5.74, 6) is 1.66. The highest BCUT2D eigenvalue weighted by Crippen LogP contribution is 2.31. The zero-order chi connectivity index (χ0) is 16.9. The van der Waals surface area contributed by atoms with Crippen molar-refractivity contribution >= 4 is 17.7 Å². The molecule has 0 aromatic heterocycles. The summed E-state index contributed by atoms with van der Waals surface area (Å²) in [6.07, 6.45) is 6.28. The van der Waals surface area contributed by atoms with E-state index >= 15 is 0 Å². The van der Waals surface area contributed by atoms with Crippen molar-refractivity contribution in [1.29, 1.82) is 0 Å². The molecule has 1 aliphatic heterocycles. The molecule has 0 bridgehead atoms. The van der Waals surface area contributed by atoms with Crippen molar-refractivity contribution in [1.82, 2.24) is 15.5 Å². The van der Waals surface area contributed by atoms with Gasteiger partial charge in [0.2, 0.25) is 0 Å². The van der Waals surface area contributed by atoms with E-state index in [0.29, 0.717) is 0 Å². The van der Waals surface area contributed by atoms with Crippen LogP contribution in [-0.4, -0.2) is 49.8 Å². The molecule has 1 aromatic rings. The van der Waals surface area contributed by atoms with Gasteiger partial charge < -0.3 is 15.5 Å². The largest absolute Gasteiger partial charge is 0.356 e. The standard InChI is InChI=1S/C19H30N4S/c1-14-4-5-16(18(10-14)24-3)12-22-19(20-2)21-11-15-8-9-23(13-15)17-6-7-17/h4-5,10,15,17H,6-9,11-13H2,1-3H3,(H2,20,21,22). The van der Waals surface area contributed by atoms with Gasteiger partial charge in [0.1, 0.15) is 0 Å². The van der Waals surface area contributed by atoms with E-state index < -0.39 is 0 Å². The first-order valence-electron chi connectivity index (χ1n) is 9.01. The summed E-state index contributed by atoms with van der Waals surface area (Å²) < 4.78 is 0. The summed E-state index contributed by atoms with van der Waals surface area (Å²) in [6.45, 7) is 6.51. The molecule has 1 aliphatic carbocycles. The van der Waals surface area contributed by atoms with E-state index in [2.05, 4.69) is 51.9 Å². The molecule has 4 nitrogen and oxygen atoms in total. The van der Waals surface area contributed by atoms with Gasteiger partial charge >= 0.3 is 0 Å². The van der Waals surface area contributed by atoms with Gasteiger partial charge in [-0.2, -0.15) is 0 Å². The molecule has 1 unspecified atom stereocenters.